The Bertz CT molecular complexity index is 769. The Labute approximate surface area is 161 Å². The lowest BCUT2D eigenvalue weighted by molar-refractivity contribution is 0.0383. The molecule has 1 aliphatic heterocycles. The van der Waals surface area contributed by atoms with Gasteiger partial charge < -0.3 is 15.4 Å². The third kappa shape index (κ3) is 5.28. The molecule has 0 unspecified atom stereocenters. The maximum absolute atomic E-state index is 12.3. The smallest absolute Gasteiger partial charge is 0.270 e. The third-order valence-corrected chi connectivity index (χ3v) is 4.62. The maximum atomic E-state index is 12.3. The predicted molar refractivity (Wildman–Crippen MR) is 101 cm³/mol. The van der Waals surface area contributed by atoms with E-state index in [2.05, 4.69) is 25.5 Å². The van der Waals surface area contributed by atoms with Gasteiger partial charge in [-0.3, -0.25) is 9.69 Å². The highest BCUT2D eigenvalue weighted by molar-refractivity contribution is 6.42. The van der Waals surface area contributed by atoms with Gasteiger partial charge in [-0.1, -0.05) is 23.2 Å². The second-order valence-electron chi connectivity index (χ2n) is 5.73. The van der Waals surface area contributed by atoms with Gasteiger partial charge in [0.05, 0.1) is 23.3 Å². The lowest BCUT2D eigenvalue weighted by atomic mass is 10.3. The Morgan fingerprint density at radius 1 is 1.19 bits per heavy atom. The Kier molecular flexibility index (Phi) is 6.62. The molecule has 0 radical (unpaired) electrons. The average molecular weight is 396 g/mol. The average Bonchev–Trinajstić information content (AvgIpc) is 2.66. The molecule has 0 atom stereocenters. The number of carbonyl (C=O) groups excluding carboxylic acids is 1. The van der Waals surface area contributed by atoms with E-state index in [9.17, 15) is 4.79 Å². The number of anilines is 2. The number of benzene rings is 1. The molecule has 1 fully saturated rings. The van der Waals surface area contributed by atoms with Gasteiger partial charge in [0.2, 0.25) is 5.95 Å². The molecule has 1 amide bonds. The van der Waals surface area contributed by atoms with E-state index in [4.69, 9.17) is 27.9 Å². The van der Waals surface area contributed by atoms with Crippen LogP contribution in [0.2, 0.25) is 10.0 Å². The van der Waals surface area contributed by atoms with Crippen LogP contribution in [0.25, 0.3) is 0 Å². The first-order chi connectivity index (χ1) is 12.6. The Balaban J connectivity index is 1.55. The summed E-state index contributed by atoms with van der Waals surface area (Å²) in [5.41, 5.74) is 0.980. The van der Waals surface area contributed by atoms with Gasteiger partial charge in [-0.2, -0.15) is 0 Å². The second-order valence-corrected chi connectivity index (χ2v) is 6.54. The van der Waals surface area contributed by atoms with Crippen LogP contribution in [0.3, 0.4) is 0 Å². The fourth-order valence-corrected chi connectivity index (χ4v) is 2.79. The van der Waals surface area contributed by atoms with Crippen LogP contribution in [0.4, 0.5) is 11.6 Å². The van der Waals surface area contributed by atoms with Gasteiger partial charge >= 0.3 is 0 Å². The van der Waals surface area contributed by atoms with E-state index in [0.717, 1.165) is 32.8 Å². The molecule has 138 valence electrons. The topological polar surface area (TPSA) is 79.4 Å². The summed E-state index contributed by atoms with van der Waals surface area (Å²) < 4.78 is 5.30. The highest BCUT2D eigenvalue weighted by Gasteiger charge is 2.12. The zero-order valence-corrected chi connectivity index (χ0v) is 15.6. The molecule has 3 rings (SSSR count). The molecule has 0 spiro atoms. The number of rotatable bonds is 6. The van der Waals surface area contributed by atoms with Crippen molar-refractivity contribution in [2.45, 2.75) is 0 Å². The van der Waals surface area contributed by atoms with E-state index >= 15 is 0 Å². The highest BCUT2D eigenvalue weighted by atomic mass is 35.5. The normalized spacial score (nSPS) is 14.8. The molecule has 0 saturated carbocycles. The lowest BCUT2D eigenvalue weighted by Crippen LogP contribution is -2.41. The minimum absolute atomic E-state index is 0.238. The largest absolute Gasteiger partial charge is 0.379 e. The Morgan fingerprint density at radius 2 is 2.00 bits per heavy atom. The summed E-state index contributed by atoms with van der Waals surface area (Å²) in [7, 11) is 0. The number of halogens is 2. The summed E-state index contributed by atoms with van der Waals surface area (Å²) >= 11 is 11.9. The molecular formula is C17H19Cl2N5O2. The van der Waals surface area contributed by atoms with Crippen LogP contribution in [-0.2, 0) is 4.74 Å². The van der Waals surface area contributed by atoms with Gasteiger partial charge in [0.1, 0.15) is 5.69 Å². The van der Waals surface area contributed by atoms with E-state index in [1.54, 1.807) is 24.3 Å². The molecule has 0 bridgehead atoms. The molecule has 26 heavy (non-hydrogen) atoms. The van der Waals surface area contributed by atoms with E-state index in [1.807, 2.05) is 0 Å². The first kappa shape index (κ1) is 18.8. The maximum Gasteiger partial charge on any atom is 0.270 e. The van der Waals surface area contributed by atoms with Crippen molar-refractivity contribution in [2.75, 3.05) is 44.7 Å². The van der Waals surface area contributed by atoms with Gasteiger partial charge in [0.15, 0.2) is 0 Å². The summed E-state index contributed by atoms with van der Waals surface area (Å²) in [6.45, 7) is 4.60. The van der Waals surface area contributed by atoms with Crippen LogP contribution >= 0.6 is 23.2 Å². The van der Waals surface area contributed by atoms with Crippen LogP contribution in [0.1, 0.15) is 10.5 Å². The zero-order valence-electron chi connectivity index (χ0n) is 14.0. The SMILES string of the molecule is O=C(NCCN1CCOCC1)c1ccnc(Nc2ccc(Cl)c(Cl)c2)n1. The van der Waals surface area contributed by atoms with Crippen LogP contribution < -0.4 is 10.6 Å². The molecule has 1 aromatic heterocycles. The molecule has 2 aromatic rings. The highest BCUT2D eigenvalue weighted by Crippen LogP contribution is 2.26. The van der Waals surface area contributed by atoms with E-state index in [0.29, 0.717) is 33.9 Å². The van der Waals surface area contributed by atoms with Crippen molar-refractivity contribution in [3.8, 4) is 0 Å². The minimum atomic E-state index is -0.238. The monoisotopic (exact) mass is 395 g/mol. The number of morpholine rings is 1. The number of ether oxygens (including phenoxy) is 1. The van der Waals surface area contributed by atoms with Crippen molar-refractivity contribution in [3.05, 3.63) is 46.2 Å². The molecule has 0 aliphatic carbocycles. The van der Waals surface area contributed by atoms with E-state index in [1.165, 1.54) is 6.20 Å². The number of carbonyl (C=O) groups is 1. The van der Waals surface area contributed by atoms with Crippen LogP contribution in [-0.4, -0.2) is 60.2 Å². The Morgan fingerprint density at radius 3 is 2.77 bits per heavy atom. The van der Waals surface area contributed by atoms with Crippen molar-refractivity contribution in [1.82, 2.24) is 20.2 Å². The molecule has 2 heterocycles. The first-order valence-electron chi connectivity index (χ1n) is 8.25. The van der Waals surface area contributed by atoms with Crippen LogP contribution in [0, 0.1) is 0 Å². The van der Waals surface area contributed by atoms with Crippen molar-refractivity contribution in [2.24, 2.45) is 0 Å². The van der Waals surface area contributed by atoms with Crippen LogP contribution in [0.15, 0.2) is 30.5 Å². The van der Waals surface area contributed by atoms with Gasteiger partial charge in [0, 0.05) is 38.1 Å². The molecule has 2 N–H and O–H groups in total. The fraction of sp³-hybridized carbons (Fsp3) is 0.353. The summed E-state index contributed by atoms with van der Waals surface area (Å²) in [6.07, 6.45) is 1.53. The van der Waals surface area contributed by atoms with Gasteiger partial charge in [-0.25, -0.2) is 9.97 Å². The van der Waals surface area contributed by atoms with Crippen LogP contribution in [0.5, 0.6) is 0 Å². The fourth-order valence-electron chi connectivity index (χ4n) is 2.49. The van der Waals surface area contributed by atoms with Gasteiger partial charge in [-0.15, -0.1) is 0 Å². The van der Waals surface area contributed by atoms with Crippen molar-refractivity contribution < 1.29 is 9.53 Å². The molecule has 1 aliphatic rings. The zero-order chi connectivity index (χ0) is 18.4. The molecule has 9 heteroatoms. The second kappa shape index (κ2) is 9.14. The molecule has 7 nitrogen and oxygen atoms in total. The first-order valence-corrected chi connectivity index (χ1v) is 9.01. The van der Waals surface area contributed by atoms with Crippen molar-refractivity contribution >= 4 is 40.7 Å². The number of amides is 1. The van der Waals surface area contributed by atoms with Gasteiger partial charge in [0.25, 0.3) is 5.91 Å². The van der Waals surface area contributed by atoms with Crippen molar-refractivity contribution in [3.63, 3.8) is 0 Å². The van der Waals surface area contributed by atoms with E-state index < -0.39 is 0 Å². The van der Waals surface area contributed by atoms with Gasteiger partial charge in [-0.05, 0) is 24.3 Å². The number of hydrogen-bond donors (Lipinski definition) is 2. The quantitative estimate of drug-likeness (QED) is 0.782. The number of nitrogens with zero attached hydrogens (tertiary/aromatic N) is 3. The summed E-state index contributed by atoms with van der Waals surface area (Å²) in [5, 5.41) is 6.77. The minimum Gasteiger partial charge on any atom is -0.379 e. The molecular weight excluding hydrogens is 377 g/mol. The van der Waals surface area contributed by atoms with E-state index in [-0.39, 0.29) is 5.91 Å². The number of hydrogen-bond acceptors (Lipinski definition) is 6. The third-order valence-electron chi connectivity index (χ3n) is 3.88. The summed E-state index contributed by atoms with van der Waals surface area (Å²) in [5.74, 6) is 0.0714. The summed E-state index contributed by atoms with van der Waals surface area (Å²) in [6, 6.07) is 6.67. The predicted octanol–water partition coefficient (Wildman–Crippen LogP) is 2.59. The van der Waals surface area contributed by atoms with Crippen molar-refractivity contribution in [1.29, 1.82) is 0 Å². The molecule has 1 saturated heterocycles. The number of nitrogens with one attached hydrogen (secondary N) is 2. The summed E-state index contributed by atoms with van der Waals surface area (Å²) in [4.78, 5) is 22.9. The Hall–Kier alpha value is -1.93. The number of aromatic nitrogens is 2. The molecule has 1 aromatic carbocycles. The lowest BCUT2D eigenvalue weighted by Gasteiger charge is -2.26. The standard InChI is InChI=1S/C17H19Cl2N5O2/c18-13-2-1-12(11-14(13)19)22-17-21-4-3-15(23-17)16(25)20-5-6-24-7-9-26-10-8-24/h1-4,11H,5-10H2,(H,20,25)(H,21,22,23).